The highest BCUT2D eigenvalue weighted by atomic mass is 16.4. The molecule has 0 fully saturated rings. The zero-order chi connectivity index (χ0) is 10.7. The highest BCUT2D eigenvalue weighted by Gasteiger charge is 2.22. The number of carboxylic acid groups (broad SMARTS) is 1. The topological polar surface area (TPSA) is 89.3 Å². The number of rotatable bonds is 3. The third-order valence-corrected chi connectivity index (χ3v) is 2.31. The van der Waals surface area contributed by atoms with Crippen LogP contribution in [0.15, 0.2) is 24.3 Å². The summed E-state index contributed by atoms with van der Waals surface area (Å²) in [5.41, 5.74) is 12.6. The first-order valence-corrected chi connectivity index (χ1v) is 4.37. The van der Waals surface area contributed by atoms with Gasteiger partial charge in [0.15, 0.2) is 0 Å². The number of carboxylic acids is 1. The summed E-state index contributed by atoms with van der Waals surface area (Å²) in [5, 5.41) is 8.74. The van der Waals surface area contributed by atoms with E-state index >= 15 is 0 Å². The highest BCUT2D eigenvalue weighted by Crippen LogP contribution is 2.23. The van der Waals surface area contributed by atoms with Crippen LogP contribution in [0.3, 0.4) is 0 Å². The van der Waals surface area contributed by atoms with Gasteiger partial charge in [-0.05, 0) is 11.6 Å². The highest BCUT2D eigenvalue weighted by molar-refractivity contribution is 5.75. The molecule has 4 nitrogen and oxygen atoms in total. The number of carbonyl (C=O) groups is 1. The lowest BCUT2D eigenvalue weighted by Crippen LogP contribution is -2.35. The van der Waals surface area contributed by atoms with Gasteiger partial charge >= 0.3 is 5.97 Å². The Morgan fingerprint density at radius 2 is 2.00 bits per heavy atom. The maximum Gasteiger partial charge on any atom is 0.321 e. The lowest BCUT2D eigenvalue weighted by molar-refractivity contribution is -0.138. The minimum Gasteiger partial charge on any atom is -0.480 e. The molecule has 0 amide bonds. The van der Waals surface area contributed by atoms with Crippen LogP contribution in [0.25, 0.3) is 0 Å². The van der Waals surface area contributed by atoms with Crippen LogP contribution in [0.1, 0.15) is 18.4 Å². The Hall–Kier alpha value is -1.55. The molecule has 1 aromatic carbocycles. The van der Waals surface area contributed by atoms with Crippen molar-refractivity contribution < 1.29 is 9.90 Å². The minimum absolute atomic E-state index is 0.284. The fourth-order valence-electron chi connectivity index (χ4n) is 1.33. The molecule has 1 rings (SSSR count). The van der Waals surface area contributed by atoms with E-state index in [1.165, 1.54) is 0 Å². The van der Waals surface area contributed by atoms with Gasteiger partial charge in [-0.3, -0.25) is 4.79 Å². The van der Waals surface area contributed by atoms with Crippen molar-refractivity contribution >= 4 is 11.7 Å². The third kappa shape index (κ3) is 2.03. The van der Waals surface area contributed by atoms with Gasteiger partial charge in [-0.15, -0.1) is 0 Å². The van der Waals surface area contributed by atoms with E-state index in [0.717, 1.165) is 5.56 Å². The average Bonchev–Trinajstić information content (AvgIpc) is 2.16. The Morgan fingerprint density at radius 3 is 2.50 bits per heavy atom. The fraction of sp³-hybridized carbons (Fsp3) is 0.300. The van der Waals surface area contributed by atoms with Crippen molar-refractivity contribution in [1.29, 1.82) is 0 Å². The van der Waals surface area contributed by atoms with Crippen molar-refractivity contribution in [1.82, 2.24) is 0 Å². The van der Waals surface area contributed by atoms with Crippen LogP contribution in [0.2, 0.25) is 0 Å². The van der Waals surface area contributed by atoms with Gasteiger partial charge in [0, 0.05) is 11.6 Å². The normalized spacial score (nSPS) is 14.7. The van der Waals surface area contributed by atoms with Gasteiger partial charge in [0.2, 0.25) is 0 Å². The number of nitrogens with two attached hydrogens (primary N) is 2. The molecule has 14 heavy (non-hydrogen) atoms. The van der Waals surface area contributed by atoms with E-state index in [4.69, 9.17) is 16.6 Å². The molecule has 0 radical (unpaired) electrons. The predicted molar refractivity (Wildman–Crippen MR) is 54.9 cm³/mol. The standard InChI is InChI=1S/C10H14N2O2/c1-6(9(12)10(13)14)7-4-2-3-5-8(7)11/h2-6,9H,11-12H2,1H3,(H,13,14). The minimum atomic E-state index is -1.01. The van der Waals surface area contributed by atoms with Gasteiger partial charge in [-0.2, -0.15) is 0 Å². The number of aliphatic carboxylic acids is 1. The number of para-hydroxylation sites is 1. The number of anilines is 1. The molecule has 0 saturated carbocycles. The molecule has 0 aliphatic heterocycles. The van der Waals surface area contributed by atoms with Crippen molar-refractivity contribution in [3.63, 3.8) is 0 Å². The van der Waals surface area contributed by atoms with Crippen molar-refractivity contribution in [2.75, 3.05) is 5.73 Å². The van der Waals surface area contributed by atoms with Crippen LogP contribution in [0.4, 0.5) is 5.69 Å². The first-order valence-electron chi connectivity index (χ1n) is 4.37. The molecule has 2 atom stereocenters. The average molecular weight is 194 g/mol. The smallest absolute Gasteiger partial charge is 0.321 e. The number of nitrogen functional groups attached to an aromatic ring is 1. The Morgan fingerprint density at radius 1 is 1.43 bits per heavy atom. The maximum absolute atomic E-state index is 10.7. The summed E-state index contributed by atoms with van der Waals surface area (Å²) in [6, 6.07) is 6.23. The first-order chi connectivity index (χ1) is 6.54. The molecule has 0 aliphatic rings. The quantitative estimate of drug-likeness (QED) is 0.620. The second-order valence-electron chi connectivity index (χ2n) is 3.28. The number of hydrogen-bond acceptors (Lipinski definition) is 3. The Kier molecular flexibility index (Phi) is 3.09. The summed E-state index contributed by atoms with van der Waals surface area (Å²) in [7, 11) is 0. The molecular formula is C10H14N2O2. The molecule has 5 N–H and O–H groups in total. The second kappa shape index (κ2) is 4.11. The fourth-order valence-corrected chi connectivity index (χ4v) is 1.33. The van der Waals surface area contributed by atoms with Gasteiger partial charge in [0.05, 0.1) is 0 Å². The second-order valence-corrected chi connectivity index (χ2v) is 3.28. The largest absolute Gasteiger partial charge is 0.480 e. The monoisotopic (exact) mass is 194 g/mol. The van der Waals surface area contributed by atoms with E-state index in [-0.39, 0.29) is 5.92 Å². The number of benzene rings is 1. The molecule has 0 aliphatic carbocycles. The van der Waals surface area contributed by atoms with Gasteiger partial charge in [-0.25, -0.2) is 0 Å². The molecule has 0 bridgehead atoms. The molecule has 1 aromatic rings. The summed E-state index contributed by atoms with van der Waals surface area (Å²) in [6.45, 7) is 1.75. The third-order valence-electron chi connectivity index (χ3n) is 2.31. The van der Waals surface area contributed by atoms with Crippen molar-refractivity contribution in [2.24, 2.45) is 5.73 Å². The summed E-state index contributed by atoms with van der Waals surface area (Å²) >= 11 is 0. The zero-order valence-corrected chi connectivity index (χ0v) is 7.97. The van der Waals surface area contributed by atoms with Crippen LogP contribution in [-0.2, 0) is 4.79 Å². The van der Waals surface area contributed by atoms with Crippen molar-refractivity contribution in [3.8, 4) is 0 Å². The lowest BCUT2D eigenvalue weighted by Gasteiger charge is -2.17. The summed E-state index contributed by atoms with van der Waals surface area (Å²) in [4.78, 5) is 10.7. The van der Waals surface area contributed by atoms with Crippen LogP contribution in [0.5, 0.6) is 0 Å². The summed E-state index contributed by atoms with van der Waals surface area (Å²) in [5.74, 6) is -1.30. The molecule has 0 spiro atoms. The van der Waals surface area contributed by atoms with Crippen molar-refractivity contribution in [3.05, 3.63) is 29.8 Å². The predicted octanol–water partition coefficient (Wildman–Crippen LogP) is 0.784. The number of hydrogen-bond donors (Lipinski definition) is 3. The van der Waals surface area contributed by atoms with E-state index in [1.54, 1.807) is 25.1 Å². The summed E-state index contributed by atoms with van der Waals surface area (Å²) < 4.78 is 0. The van der Waals surface area contributed by atoms with E-state index in [2.05, 4.69) is 0 Å². The van der Waals surface area contributed by atoms with E-state index in [1.807, 2.05) is 6.07 Å². The van der Waals surface area contributed by atoms with Gasteiger partial charge in [0.1, 0.15) is 6.04 Å². The Balaban J connectivity index is 2.94. The Labute approximate surface area is 82.5 Å². The first kappa shape index (κ1) is 10.5. The van der Waals surface area contributed by atoms with Crippen LogP contribution in [0, 0.1) is 0 Å². The van der Waals surface area contributed by atoms with Crippen LogP contribution >= 0.6 is 0 Å². The van der Waals surface area contributed by atoms with E-state index < -0.39 is 12.0 Å². The molecular weight excluding hydrogens is 180 g/mol. The molecule has 2 unspecified atom stereocenters. The van der Waals surface area contributed by atoms with Gasteiger partial charge in [0.25, 0.3) is 0 Å². The van der Waals surface area contributed by atoms with E-state index in [0.29, 0.717) is 5.69 Å². The summed E-state index contributed by atoms with van der Waals surface area (Å²) in [6.07, 6.45) is 0. The molecule has 76 valence electrons. The van der Waals surface area contributed by atoms with Gasteiger partial charge < -0.3 is 16.6 Å². The van der Waals surface area contributed by atoms with Gasteiger partial charge in [-0.1, -0.05) is 25.1 Å². The molecule has 0 saturated heterocycles. The molecule has 0 aromatic heterocycles. The van der Waals surface area contributed by atoms with E-state index in [9.17, 15) is 4.79 Å². The SMILES string of the molecule is CC(c1ccccc1N)C(N)C(=O)O. The maximum atomic E-state index is 10.7. The van der Waals surface area contributed by atoms with Crippen molar-refractivity contribution in [2.45, 2.75) is 18.9 Å². The van der Waals surface area contributed by atoms with Crippen LogP contribution in [-0.4, -0.2) is 17.1 Å². The molecule has 0 heterocycles. The lowest BCUT2D eigenvalue weighted by atomic mass is 9.93. The Bertz CT molecular complexity index is 339. The zero-order valence-electron chi connectivity index (χ0n) is 7.97. The molecule has 4 heteroatoms. The van der Waals surface area contributed by atoms with Crippen LogP contribution < -0.4 is 11.5 Å².